The molecule has 0 bridgehead atoms. The van der Waals surface area contributed by atoms with Gasteiger partial charge in [0, 0.05) is 25.1 Å². The Morgan fingerprint density at radius 3 is 2.48 bits per heavy atom. The van der Waals surface area contributed by atoms with Crippen molar-refractivity contribution in [3.05, 3.63) is 47.3 Å². The van der Waals surface area contributed by atoms with E-state index in [1.807, 2.05) is 48.9 Å². The molecular weight excluding hydrogens is 325 g/mol. The first-order valence-electron chi connectivity index (χ1n) is 8.11. The first kappa shape index (κ1) is 17.1. The van der Waals surface area contributed by atoms with Crippen LogP contribution in [0, 0.1) is 19.8 Å². The molecule has 0 radical (unpaired) electrons. The summed E-state index contributed by atoms with van der Waals surface area (Å²) in [6.07, 6.45) is -0.518. The number of nitrogens with zero attached hydrogens (tertiary/aromatic N) is 2. The van der Waals surface area contributed by atoms with E-state index in [2.05, 4.69) is 10.4 Å². The van der Waals surface area contributed by atoms with Crippen LogP contribution in [0.2, 0.25) is 0 Å². The Morgan fingerprint density at radius 1 is 1.32 bits per heavy atom. The lowest BCUT2D eigenvalue weighted by Crippen LogP contribution is -2.54. The van der Waals surface area contributed by atoms with Crippen LogP contribution in [-0.2, 0) is 16.1 Å². The molecule has 1 amide bonds. The summed E-state index contributed by atoms with van der Waals surface area (Å²) < 4.78 is 16.1. The zero-order valence-electron chi connectivity index (χ0n) is 14.1. The van der Waals surface area contributed by atoms with Gasteiger partial charge in [-0.1, -0.05) is 12.1 Å². The van der Waals surface area contributed by atoms with Crippen LogP contribution < -0.4 is 5.32 Å². The standard InChI is InChI=1S/C18H20FN3O3/c1-11-7-12(2)22(21-11)15-5-3-13(4-6-15)10-20-17(25)18(19)8-14(9-18)16(23)24/h3-7,14H,8-10H2,1-2H3,(H,20,25)(H,23,24). The lowest BCUT2D eigenvalue weighted by molar-refractivity contribution is -0.158. The number of benzene rings is 1. The summed E-state index contributed by atoms with van der Waals surface area (Å²) in [4.78, 5) is 22.7. The van der Waals surface area contributed by atoms with Gasteiger partial charge in [-0.05, 0) is 37.6 Å². The number of hydrogen-bond donors (Lipinski definition) is 2. The third kappa shape index (κ3) is 3.40. The predicted molar refractivity (Wildman–Crippen MR) is 89.1 cm³/mol. The second kappa shape index (κ2) is 6.31. The quantitative estimate of drug-likeness (QED) is 0.871. The smallest absolute Gasteiger partial charge is 0.306 e. The highest BCUT2D eigenvalue weighted by Gasteiger charge is 2.53. The van der Waals surface area contributed by atoms with Crippen LogP contribution in [0.1, 0.15) is 29.8 Å². The highest BCUT2D eigenvalue weighted by atomic mass is 19.1. The van der Waals surface area contributed by atoms with Crippen LogP contribution in [0.25, 0.3) is 5.69 Å². The maximum absolute atomic E-state index is 14.3. The van der Waals surface area contributed by atoms with Crippen LogP contribution >= 0.6 is 0 Å². The van der Waals surface area contributed by atoms with Gasteiger partial charge in [-0.15, -0.1) is 0 Å². The first-order chi connectivity index (χ1) is 11.8. The number of aromatic nitrogens is 2. The molecule has 1 aliphatic carbocycles. The minimum Gasteiger partial charge on any atom is -0.481 e. The third-order valence-electron chi connectivity index (χ3n) is 4.54. The number of hydrogen-bond acceptors (Lipinski definition) is 3. The minimum atomic E-state index is -2.06. The van der Waals surface area contributed by atoms with Crippen LogP contribution in [-0.4, -0.2) is 32.4 Å². The second-order valence-corrected chi connectivity index (χ2v) is 6.60. The van der Waals surface area contributed by atoms with Crippen molar-refractivity contribution >= 4 is 11.9 Å². The van der Waals surface area contributed by atoms with Crippen LogP contribution in [0.4, 0.5) is 4.39 Å². The van der Waals surface area contributed by atoms with Crippen LogP contribution in [0.3, 0.4) is 0 Å². The molecule has 132 valence electrons. The van der Waals surface area contributed by atoms with Crippen molar-refractivity contribution in [1.29, 1.82) is 0 Å². The van der Waals surface area contributed by atoms with E-state index in [1.165, 1.54) is 0 Å². The monoisotopic (exact) mass is 345 g/mol. The van der Waals surface area contributed by atoms with Gasteiger partial charge in [-0.2, -0.15) is 5.10 Å². The average molecular weight is 345 g/mol. The molecule has 1 saturated carbocycles. The fourth-order valence-corrected chi connectivity index (χ4v) is 3.07. The second-order valence-electron chi connectivity index (χ2n) is 6.60. The minimum absolute atomic E-state index is 0.194. The number of carboxylic acids is 1. The van der Waals surface area contributed by atoms with E-state index in [1.54, 1.807) is 0 Å². The third-order valence-corrected chi connectivity index (χ3v) is 4.54. The normalized spacial score (nSPS) is 22.3. The highest BCUT2D eigenvalue weighted by molar-refractivity contribution is 5.88. The summed E-state index contributed by atoms with van der Waals surface area (Å²) in [5, 5.41) is 15.7. The summed E-state index contributed by atoms with van der Waals surface area (Å²) in [7, 11) is 0. The molecule has 2 aromatic rings. The zero-order chi connectivity index (χ0) is 18.2. The number of halogens is 1. The summed E-state index contributed by atoms with van der Waals surface area (Å²) in [6, 6.07) is 9.44. The Kier molecular flexibility index (Phi) is 4.32. The average Bonchev–Trinajstić information content (AvgIpc) is 2.88. The molecule has 1 heterocycles. The number of carbonyl (C=O) groups is 2. The fraction of sp³-hybridized carbons (Fsp3) is 0.389. The fourth-order valence-electron chi connectivity index (χ4n) is 3.07. The van der Waals surface area contributed by atoms with E-state index < -0.39 is 23.5 Å². The molecule has 0 spiro atoms. The molecule has 1 fully saturated rings. The molecule has 1 aromatic carbocycles. The topological polar surface area (TPSA) is 84.2 Å². The predicted octanol–water partition coefficient (Wildman–Crippen LogP) is 2.31. The van der Waals surface area contributed by atoms with Gasteiger partial charge < -0.3 is 10.4 Å². The Bertz CT molecular complexity index is 807. The molecule has 0 saturated heterocycles. The molecule has 3 rings (SSSR count). The maximum Gasteiger partial charge on any atom is 0.306 e. The van der Waals surface area contributed by atoms with Crippen LogP contribution in [0.15, 0.2) is 30.3 Å². The number of nitrogens with one attached hydrogen (secondary N) is 1. The Balaban J connectivity index is 1.58. The van der Waals surface area contributed by atoms with Crippen molar-refractivity contribution < 1.29 is 19.1 Å². The van der Waals surface area contributed by atoms with Gasteiger partial charge in [0.15, 0.2) is 5.67 Å². The van der Waals surface area contributed by atoms with Gasteiger partial charge in [0.05, 0.1) is 17.3 Å². The van der Waals surface area contributed by atoms with Gasteiger partial charge in [0.2, 0.25) is 0 Å². The van der Waals surface area contributed by atoms with Gasteiger partial charge >= 0.3 is 5.97 Å². The summed E-state index contributed by atoms with van der Waals surface area (Å²) in [5.74, 6) is -2.57. The van der Waals surface area contributed by atoms with Gasteiger partial charge in [0.1, 0.15) is 0 Å². The molecule has 0 atom stereocenters. The number of aliphatic carboxylic acids is 1. The van der Waals surface area contributed by atoms with E-state index in [4.69, 9.17) is 5.11 Å². The SMILES string of the molecule is Cc1cc(C)n(-c2ccc(CNC(=O)C3(F)CC(C(=O)O)C3)cc2)n1. The van der Waals surface area contributed by atoms with E-state index in [9.17, 15) is 14.0 Å². The number of rotatable bonds is 5. The van der Waals surface area contributed by atoms with E-state index in [-0.39, 0.29) is 19.4 Å². The largest absolute Gasteiger partial charge is 0.481 e. The van der Waals surface area contributed by atoms with Gasteiger partial charge in [-0.3, -0.25) is 9.59 Å². The zero-order valence-corrected chi connectivity index (χ0v) is 14.1. The molecule has 0 unspecified atom stereocenters. The molecule has 2 N–H and O–H groups in total. The van der Waals surface area contributed by atoms with Crippen molar-refractivity contribution in [3.8, 4) is 5.69 Å². The van der Waals surface area contributed by atoms with E-state index >= 15 is 0 Å². The lowest BCUT2D eigenvalue weighted by atomic mass is 9.72. The van der Waals surface area contributed by atoms with Gasteiger partial charge in [0.25, 0.3) is 5.91 Å². The molecule has 0 aliphatic heterocycles. The van der Waals surface area contributed by atoms with Crippen molar-refractivity contribution in [2.24, 2.45) is 5.92 Å². The maximum atomic E-state index is 14.3. The van der Waals surface area contributed by atoms with Crippen LogP contribution in [0.5, 0.6) is 0 Å². The molecule has 6 nitrogen and oxygen atoms in total. The molecule has 7 heteroatoms. The Labute approximate surface area is 144 Å². The number of amides is 1. The summed E-state index contributed by atoms with van der Waals surface area (Å²) >= 11 is 0. The number of aryl methyl sites for hydroxylation is 2. The number of carbonyl (C=O) groups excluding carboxylic acids is 1. The first-order valence-corrected chi connectivity index (χ1v) is 8.11. The van der Waals surface area contributed by atoms with Gasteiger partial charge in [-0.25, -0.2) is 9.07 Å². The Hall–Kier alpha value is -2.70. The van der Waals surface area contributed by atoms with E-state index in [0.717, 1.165) is 22.6 Å². The summed E-state index contributed by atoms with van der Waals surface area (Å²) in [6.45, 7) is 4.09. The van der Waals surface area contributed by atoms with Crippen molar-refractivity contribution in [1.82, 2.24) is 15.1 Å². The van der Waals surface area contributed by atoms with Crippen molar-refractivity contribution in [3.63, 3.8) is 0 Å². The Morgan fingerprint density at radius 2 is 1.96 bits per heavy atom. The van der Waals surface area contributed by atoms with Crippen molar-refractivity contribution in [2.45, 2.75) is 38.9 Å². The molecule has 1 aliphatic rings. The summed E-state index contributed by atoms with van der Waals surface area (Å²) in [5.41, 5.74) is 1.63. The number of alkyl halides is 1. The molecule has 25 heavy (non-hydrogen) atoms. The molecule has 1 aromatic heterocycles. The van der Waals surface area contributed by atoms with Crippen molar-refractivity contribution in [2.75, 3.05) is 0 Å². The number of carboxylic acid groups (broad SMARTS) is 1. The highest BCUT2D eigenvalue weighted by Crippen LogP contribution is 2.41. The van der Waals surface area contributed by atoms with E-state index in [0.29, 0.717) is 0 Å². The molecular formula is C18H20FN3O3. The lowest BCUT2D eigenvalue weighted by Gasteiger charge is -2.37.